The summed E-state index contributed by atoms with van der Waals surface area (Å²) in [5.74, 6) is -0.452. The smallest absolute Gasteiger partial charge is 0.219 e. The number of carbonyl (C=O) groups is 1. The average molecular weight is 216 g/mol. The maximum atomic E-state index is 13.2. The first-order valence-electron chi connectivity index (χ1n) is 4.16. The third-order valence-electron chi connectivity index (χ3n) is 1.95. The van der Waals surface area contributed by atoms with Gasteiger partial charge in [-0.05, 0) is 18.2 Å². The van der Waals surface area contributed by atoms with Crippen LogP contribution in [0.2, 0.25) is 5.02 Å². The van der Waals surface area contributed by atoms with Gasteiger partial charge in [0, 0.05) is 31.1 Å². The van der Waals surface area contributed by atoms with Gasteiger partial charge in [0.15, 0.2) is 0 Å². The average Bonchev–Trinajstić information content (AvgIpc) is 2.11. The highest BCUT2D eigenvalue weighted by Crippen LogP contribution is 2.16. The number of carbonyl (C=O) groups excluding carboxylic acids is 1. The molecule has 0 atom stereocenters. The summed E-state index contributed by atoms with van der Waals surface area (Å²) in [6.07, 6.45) is 0. The number of amides is 1. The van der Waals surface area contributed by atoms with Crippen LogP contribution in [-0.2, 0) is 11.3 Å². The lowest BCUT2D eigenvalue weighted by Gasteiger charge is -2.15. The lowest BCUT2D eigenvalue weighted by atomic mass is 10.2. The molecule has 0 saturated carbocycles. The molecule has 1 rings (SSSR count). The van der Waals surface area contributed by atoms with Gasteiger partial charge in [-0.1, -0.05) is 11.6 Å². The molecule has 0 aliphatic carbocycles. The zero-order valence-electron chi connectivity index (χ0n) is 8.05. The molecule has 0 spiro atoms. The van der Waals surface area contributed by atoms with Crippen LogP contribution in [0.25, 0.3) is 0 Å². The van der Waals surface area contributed by atoms with E-state index in [0.717, 1.165) is 0 Å². The molecular weight excluding hydrogens is 205 g/mol. The van der Waals surface area contributed by atoms with Crippen LogP contribution >= 0.6 is 11.6 Å². The monoisotopic (exact) mass is 215 g/mol. The van der Waals surface area contributed by atoms with Crippen LogP contribution in [0.1, 0.15) is 12.5 Å². The first-order valence-corrected chi connectivity index (χ1v) is 4.54. The molecular formula is C10H11ClFNO. The summed E-state index contributed by atoms with van der Waals surface area (Å²) in [4.78, 5) is 12.3. The Morgan fingerprint density at radius 2 is 2.21 bits per heavy atom. The molecule has 4 heteroatoms. The first-order chi connectivity index (χ1) is 6.50. The number of halogens is 2. The molecule has 0 N–H and O–H groups in total. The van der Waals surface area contributed by atoms with E-state index in [-0.39, 0.29) is 18.3 Å². The van der Waals surface area contributed by atoms with Crippen molar-refractivity contribution in [3.05, 3.63) is 34.6 Å². The Morgan fingerprint density at radius 3 is 2.79 bits per heavy atom. The zero-order valence-corrected chi connectivity index (χ0v) is 8.81. The van der Waals surface area contributed by atoms with Crippen molar-refractivity contribution in [3.8, 4) is 0 Å². The second-order valence-electron chi connectivity index (χ2n) is 3.11. The molecule has 0 aliphatic heterocycles. The number of rotatable bonds is 2. The second kappa shape index (κ2) is 4.42. The number of benzene rings is 1. The Bertz CT molecular complexity index is 354. The summed E-state index contributed by atoms with van der Waals surface area (Å²) >= 11 is 5.71. The van der Waals surface area contributed by atoms with E-state index in [1.54, 1.807) is 7.05 Å². The lowest BCUT2D eigenvalue weighted by molar-refractivity contribution is -0.128. The molecule has 0 unspecified atom stereocenters. The molecule has 0 bridgehead atoms. The third kappa shape index (κ3) is 2.70. The molecule has 1 amide bonds. The quantitative estimate of drug-likeness (QED) is 0.742. The van der Waals surface area contributed by atoms with Crippen LogP contribution in [-0.4, -0.2) is 17.9 Å². The molecule has 14 heavy (non-hydrogen) atoms. The molecule has 0 aromatic heterocycles. The van der Waals surface area contributed by atoms with E-state index in [2.05, 4.69) is 0 Å². The van der Waals surface area contributed by atoms with Gasteiger partial charge in [0.2, 0.25) is 5.91 Å². The fourth-order valence-electron chi connectivity index (χ4n) is 1.03. The predicted molar refractivity (Wildman–Crippen MR) is 53.6 cm³/mol. The Kier molecular flexibility index (Phi) is 3.47. The van der Waals surface area contributed by atoms with Gasteiger partial charge >= 0.3 is 0 Å². The Hall–Kier alpha value is -1.09. The predicted octanol–water partition coefficient (Wildman–Crippen LogP) is 2.46. The highest BCUT2D eigenvalue weighted by molar-refractivity contribution is 6.30. The molecule has 76 valence electrons. The fourth-order valence-corrected chi connectivity index (χ4v) is 1.23. The summed E-state index contributed by atoms with van der Waals surface area (Å²) in [5.41, 5.74) is 0.426. The van der Waals surface area contributed by atoms with Crippen molar-refractivity contribution in [3.63, 3.8) is 0 Å². The molecule has 0 radical (unpaired) electrons. The van der Waals surface area contributed by atoms with Crippen molar-refractivity contribution in [2.24, 2.45) is 0 Å². The minimum Gasteiger partial charge on any atom is -0.342 e. The molecule has 0 heterocycles. The Balaban J connectivity index is 2.85. The molecule has 0 aliphatic rings. The van der Waals surface area contributed by atoms with Crippen molar-refractivity contribution in [1.82, 2.24) is 4.90 Å². The fraction of sp³-hybridized carbons (Fsp3) is 0.300. The van der Waals surface area contributed by atoms with Crippen LogP contribution < -0.4 is 0 Å². The van der Waals surface area contributed by atoms with Gasteiger partial charge in [-0.3, -0.25) is 4.79 Å². The largest absolute Gasteiger partial charge is 0.342 e. The van der Waals surface area contributed by atoms with Crippen molar-refractivity contribution in [2.75, 3.05) is 7.05 Å². The minimum atomic E-state index is -0.345. The van der Waals surface area contributed by atoms with Gasteiger partial charge in [-0.2, -0.15) is 0 Å². The summed E-state index contributed by atoms with van der Waals surface area (Å²) in [5, 5.41) is 0.471. The third-order valence-corrected chi connectivity index (χ3v) is 2.19. The number of hydrogen-bond acceptors (Lipinski definition) is 1. The van der Waals surface area contributed by atoms with E-state index >= 15 is 0 Å². The Labute approximate surface area is 87.3 Å². The van der Waals surface area contributed by atoms with Gasteiger partial charge in [0.1, 0.15) is 5.82 Å². The normalized spacial score (nSPS) is 10.0. The highest BCUT2D eigenvalue weighted by atomic mass is 35.5. The van der Waals surface area contributed by atoms with Gasteiger partial charge in [0.05, 0.1) is 0 Å². The van der Waals surface area contributed by atoms with Crippen LogP contribution in [0.15, 0.2) is 18.2 Å². The van der Waals surface area contributed by atoms with Crippen LogP contribution in [0, 0.1) is 5.82 Å². The van der Waals surface area contributed by atoms with E-state index in [9.17, 15) is 9.18 Å². The van der Waals surface area contributed by atoms with E-state index in [1.807, 2.05) is 0 Å². The summed E-state index contributed by atoms with van der Waals surface area (Å²) in [6, 6.07) is 4.30. The maximum absolute atomic E-state index is 13.2. The van der Waals surface area contributed by atoms with Gasteiger partial charge in [-0.15, -0.1) is 0 Å². The van der Waals surface area contributed by atoms with Crippen molar-refractivity contribution in [2.45, 2.75) is 13.5 Å². The standard InChI is InChI=1S/C10H11ClFNO/c1-7(14)13(2)6-8-5-9(11)3-4-10(8)12/h3-5H,6H2,1-2H3. The van der Waals surface area contributed by atoms with E-state index in [4.69, 9.17) is 11.6 Å². The summed E-state index contributed by atoms with van der Waals surface area (Å²) in [7, 11) is 1.61. The highest BCUT2D eigenvalue weighted by Gasteiger charge is 2.08. The van der Waals surface area contributed by atoms with Crippen LogP contribution in [0.3, 0.4) is 0 Å². The molecule has 2 nitrogen and oxygen atoms in total. The lowest BCUT2D eigenvalue weighted by Crippen LogP contribution is -2.23. The van der Waals surface area contributed by atoms with Crippen molar-refractivity contribution in [1.29, 1.82) is 0 Å². The van der Waals surface area contributed by atoms with Gasteiger partial charge < -0.3 is 4.90 Å². The topological polar surface area (TPSA) is 20.3 Å². The second-order valence-corrected chi connectivity index (χ2v) is 3.55. The van der Waals surface area contributed by atoms with E-state index in [1.165, 1.54) is 30.0 Å². The maximum Gasteiger partial charge on any atom is 0.219 e. The van der Waals surface area contributed by atoms with Crippen molar-refractivity contribution < 1.29 is 9.18 Å². The molecule has 0 saturated heterocycles. The number of nitrogens with zero attached hydrogens (tertiary/aromatic N) is 1. The van der Waals surface area contributed by atoms with Gasteiger partial charge in [0.25, 0.3) is 0 Å². The van der Waals surface area contributed by atoms with Crippen LogP contribution in [0.5, 0.6) is 0 Å². The summed E-state index contributed by atoms with van der Waals surface area (Å²) in [6.45, 7) is 1.67. The molecule has 1 aromatic rings. The number of hydrogen-bond donors (Lipinski definition) is 0. The van der Waals surface area contributed by atoms with Crippen LogP contribution in [0.4, 0.5) is 4.39 Å². The SMILES string of the molecule is CC(=O)N(C)Cc1cc(Cl)ccc1F. The summed E-state index contributed by atoms with van der Waals surface area (Å²) < 4.78 is 13.2. The first kappa shape index (κ1) is 11.0. The van der Waals surface area contributed by atoms with E-state index < -0.39 is 0 Å². The van der Waals surface area contributed by atoms with E-state index in [0.29, 0.717) is 10.6 Å². The zero-order chi connectivity index (χ0) is 10.7. The minimum absolute atomic E-state index is 0.107. The molecule has 0 fully saturated rings. The Morgan fingerprint density at radius 1 is 1.57 bits per heavy atom. The van der Waals surface area contributed by atoms with Gasteiger partial charge in [-0.25, -0.2) is 4.39 Å². The van der Waals surface area contributed by atoms with Crippen molar-refractivity contribution >= 4 is 17.5 Å². The molecule has 1 aromatic carbocycles.